The lowest BCUT2D eigenvalue weighted by atomic mass is 10.8. The lowest BCUT2D eigenvalue weighted by molar-refractivity contribution is -0.0756. The van der Waals surface area contributed by atoms with Crippen molar-refractivity contribution in [2.75, 3.05) is 94.9 Å². The second-order valence-electron chi connectivity index (χ2n) is 3.84. The SMILES string of the molecule is COCCOCOCCOC.COCCOCOCCOC. The van der Waals surface area contributed by atoms with Gasteiger partial charge < -0.3 is 37.9 Å². The smallest absolute Gasteiger partial charge is 0.146 e. The van der Waals surface area contributed by atoms with Gasteiger partial charge in [0.05, 0.1) is 52.9 Å². The van der Waals surface area contributed by atoms with Crippen LogP contribution in [0, 0.1) is 0 Å². The summed E-state index contributed by atoms with van der Waals surface area (Å²) >= 11 is 0. The van der Waals surface area contributed by atoms with Gasteiger partial charge >= 0.3 is 0 Å². The summed E-state index contributed by atoms with van der Waals surface area (Å²) in [6.07, 6.45) is 0. The van der Waals surface area contributed by atoms with Crippen molar-refractivity contribution >= 4 is 0 Å². The number of hydrogen-bond acceptors (Lipinski definition) is 8. The first-order chi connectivity index (χ1) is 10.8. The molecule has 0 saturated heterocycles. The zero-order valence-electron chi connectivity index (χ0n) is 14.3. The summed E-state index contributed by atoms with van der Waals surface area (Å²) in [5.41, 5.74) is 0. The fraction of sp³-hybridized carbons (Fsp3) is 1.00. The lowest BCUT2D eigenvalue weighted by Gasteiger charge is -2.03. The summed E-state index contributed by atoms with van der Waals surface area (Å²) in [4.78, 5) is 0. The predicted molar refractivity (Wildman–Crippen MR) is 81.0 cm³/mol. The van der Waals surface area contributed by atoms with Crippen LogP contribution in [0.1, 0.15) is 0 Å². The molecule has 136 valence electrons. The van der Waals surface area contributed by atoms with Crippen LogP contribution in [0.2, 0.25) is 0 Å². The normalized spacial score (nSPS) is 10.4. The maximum absolute atomic E-state index is 5.02. The van der Waals surface area contributed by atoms with E-state index in [2.05, 4.69) is 0 Å². The molecular weight excluding hydrogens is 296 g/mol. The van der Waals surface area contributed by atoms with Crippen LogP contribution in [0.5, 0.6) is 0 Å². The quantitative estimate of drug-likeness (QED) is 0.300. The Morgan fingerprint density at radius 2 is 0.591 bits per heavy atom. The molecule has 0 radical (unpaired) electrons. The van der Waals surface area contributed by atoms with E-state index < -0.39 is 0 Å². The molecule has 8 nitrogen and oxygen atoms in total. The van der Waals surface area contributed by atoms with Crippen molar-refractivity contribution in [3.05, 3.63) is 0 Å². The van der Waals surface area contributed by atoms with Gasteiger partial charge in [-0.3, -0.25) is 0 Å². The van der Waals surface area contributed by atoms with Gasteiger partial charge in [-0.25, -0.2) is 0 Å². The molecule has 0 N–H and O–H groups in total. The predicted octanol–water partition coefficient (Wildman–Crippen LogP) is 0.540. The van der Waals surface area contributed by atoms with Crippen molar-refractivity contribution in [2.24, 2.45) is 0 Å². The van der Waals surface area contributed by atoms with Gasteiger partial charge in [0, 0.05) is 28.4 Å². The van der Waals surface area contributed by atoms with Crippen molar-refractivity contribution in [3.63, 3.8) is 0 Å². The highest BCUT2D eigenvalue weighted by molar-refractivity contribution is 4.25. The average molecular weight is 328 g/mol. The van der Waals surface area contributed by atoms with Gasteiger partial charge in [-0.2, -0.15) is 0 Å². The van der Waals surface area contributed by atoms with Crippen molar-refractivity contribution in [3.8, 4) is 0 Å². The Hall–Kier alpha value is -0.320. The number of methoxy groups -OCH3 is 4. The fourth-order valence-electron chi connectivity index (χ4n) is 0.923. The first kappa shape index (κ1) is 23.9. The highest BCUT2D eigenvalue weighted by Crippen LogP contribution is 1.80. The zero-order chi connectivity index (χ0) is 16.7. The van der Waals surface area contributed by atoms with Gasteiger partial charge in [0.25, 0.3) is 0 Å². The largest absolute Gasteiger partial charge is 0.382 e. The molecule has 0 aromatic carbocycles. The Labute approximate surface area is 133 Å². The number of ether oxygens (including phenoxy) is 8. The Balaban J connectivity index is 0. The van der Waals surface area contributed by atoms with Crippen molar-refractivity contribution in [1.29, 1.82) is 0 Å². The van der Waals surface area contributed by atoms with Crippen LogP contribution in [0.3, 0.4) is 0 Å². The first-order valence-corrected chi connectivity index (χ1v) is 7.10. The van der Waals surface area contributed by atoms with Crippen LogP contribution < -0.4 is 0 Å². The minimum Gasteiger partial charge on any atom is -0.382 e. The van der Waals surface area contributed by atoms with E-state index in [0.717, 1.165) is 0 Å². The molecule has 0 aliphatic heterocycles. The van der Waals surface area contributed by atoms with Crippen LogP contribution in [0.15, 0.2) is 0 Å². The molecule has 0 saturated carbocycles. The molecule has 0 spiro atoms. The molecule has 0 aromatic rings. The summed E-state index contributed by atoms with van der Waals surface area (Å²) < 4.78 is 39.1. The second-order valence-corrected chi connectivity index (χ2v) is 3.84. The molecule has 0 unspecified atom stereocenters. The fourth-order valence-corrected chi connectivity index (χ4v) is 0.923. The lowest BCUT2D eigenvalue weighted by Crippen LogP contribution is -2.08. The van der Waals surface area contributed by atoms with Crippen LogP contribution in [-0.4, -0.2) is 94.9 Å². The van der Waals surface area contributed by atoms with Gasteiger partial charge in [0.15, 0.2) is 0 Å². The maximum Gasteiger partial charge on any atom is 0.146 e. The van der Waals surface area contributed by atoms with Crippen LogP contribution in [-0.2, 0) is 37.9 Å². The molecule has 22 heavy (non-hydrogen) atoms. The average Bonchev–Trinajstić information content (AvgIpc) is 2.54. The number of hydrogen-bond donors (Lipinski definition) is 0. The molecular formula is C14H32O8. The third-order valence-corrected chi connectivity index (χ3v) is 2.06. The van der Waals surface area contributed by atoms with Gasteiger partial charge in [-0.05, 0) is 0 Å². The van der Waals surface area contributed by atoms with E-state index in [1.54, 1.807) is 28.4 Å². The summed E-state index contributed by atoms with van der Waals surface area (Å²) in [6.45, 7) is 5.34. The van der Waals surface area contributed by atoms with E-state index in [1.165, 1.54) is 0 Å². The van der Waals surface area contributed by atoms with Crippen molar-refractivity contribution < 1.29 is 37.9 Å². The topological polar surface area (TPSA) is 73.8 Å². The summed E-state index contributed by atoms with van der Waals surface area (Å²) in [5, 5.41) is 0. The minimum absolute atomic E-state index is 0.312. The number of rotatable bonds is 16. The monoisotopic (exact) mass is 328 g/mol. The minimum atomic E-state index is 0.312. The van der Waals surface area contributed by atoms with Crippen molar-refractivity contribution in [1.82, 2.24) is 0 Å². The zero-order valence-corrected chi connectivity index (χ0v) is 14.3. The molecule has 8 heteroatoms. The van der Waals surface area contributed by atoms with Crippen LogP contribution in [0.25, 0.3) is 0 Å². The third-order valence-electron chi connectivity index (χ3n) is 2.06. The molecule has 0 fully saturated rings. The second kappa shape index (κ2) is 25.6. The maximum atomic E-state index is 5.02. The van der Waals surface area contributed by atoms with Crippen LogP contribution >= 0.6 is 0 Å². The Bertz CT molecular complexity index is 137. The Morgan fingerprint density at radius 3 is 0.773 bits per heavy atom. The van der Waals surface area contributed by atoms with Gasteiger partial charge in [0.1, 0.15) is 13.6 Å². The molecule has 0 amide bonds. The third kappa shape index (κ3) is 27.9. The molecule has 0 aliphatic carbocycles. The highest BCUT2D eigenvalue weighted by Gasteiger charge is 1.88. The molecule has 0 rings (SSSR count). The van der Waals surface area contributed by atoms with E-state index in [-0.39, 0.29) is 0 Å². The van der Waals surface area contributed by atoms with E-state index in [1.807, 2.05) is 0 Å². The van der Waals surface area contributed by atoms with E-state index >= 15 is 0 Å². The highest BCUT2D eigenvalue weighted by atomic mass is 16.7. The first-order valence-electron chi connectivity index (χ1n) is 7.10. The Morgan fingerprint density at radius 1 is 0.364 bits per heavy atom. The standard InChI is InChI=1S/2C7H16O4/c2*1-8-3-5-10-7-11-6-4-9-2/h2*3-7H2,1-2H3. The summed E-state index contributed by atoms with van der Waals surface area (Å²) in [6, 6.07) is 0. The van der Waals surface area contributed by atoms with Crippen LogP contribution in [0.4, 0.5) is 0 Å². The van der Waals surface area contributed by atoms with E-state index in [0.29, 0.717) is 66.4 Å². The molecule has 0 atom stereocenters. The van der Waals surface area contributed by atoms with Crippen molar-refractivity contribution in [2.45, 2.75) is 0 Å². The molecule has 0 aromatic heterocycles. The van der Waals surface area contributed by atoms with Gasteiger partial charge in [-0.1, -0.05) is 0 Å². The summed E-state index contributed by atoms with van der Waals surface area (Å²) in [5.74, 6) is 0. The van der Waals surface area contributed by atoms with E-state index in [9.17, 15) is 0 Å². The Kier molecular flexibility index (Phi) is 27.9. The van der Waals surface area contributed by atoms with E-state index in [4.69, 9.17) is 37.9 Å². The molecule has 0 heterocycles. The van der Waals surface area contributed by atoms with Gasteiger partial charge in [0.2, 0.25) is 0 Å². The van der Waals surface area contributed by atoms with Gasteiger partial charge in [-0.15, -0.1) is 0 Å². The molecule has 0 aliphatic rings. The summed E-state index contributed by atoms with van der Waals surface area (Å²) in [7, 11) is 6.54. The molecule has 0 bridgehead atoms.